The Balaban J connectivity index is 0.996. The Morgan fingerprint density at radius 2 is 1.80 bits per heavy atom. The van der Waals surface area contributed by atoms with Gasteiger partial charge in [0.25, 0.3) is 5.91 Å². The first kappa shape index (κ1) is 30.0. The topological polar surface area (TPSA) is 107 Å². The van der Waals surface area contributed by atoms with Gasteiger partial charge in [0.1, 0.15) is 11.6 Å². The van der Waals surface area contributed by atoms with E-state index in [4.69, 9.17) is 4.74 Å². The molecule has 3 aromatic carbocycles. The molecule has 3 N–H and O–H groups in total. The van der Waals surface area contributed by atoms with Gasteiger partial charge in [-0.1, -0.05) is 25.1 Å². The summed E-state index contributed by atoms with van der Waals surface area (Å²) in [6.45, 7) is 9.42. The SMILES string of the molecule is CCN1CCC2(CCN(CCc3ccc(NC(=O)c4ccc5nc(-c6cc(-c7cccnc7OC)ccc6O)[nH]c5c4)cc3)C2)C1. The highest BCUT2D eigenvalue weighted by atomic mass is 16.5. The van der Waals surface area contributed by atoms with Crippen LogP contribution in [0.2, 0.25) is 0 Å². The number of benzene rings is 3. The Morgan fingerprint density at radius 3 is 2.59 bits per heavy atom. The minimum Gasteiger partial charge on any atom is -0.507 e. The lowest BCUT2D eigenvalue weighted by Crippen LogP contribution is -2.31. The molecule has 7 rings (SSSR count). The van der Waals surface area contributed by atoms with Crippen molar-refractivity contribution >= 4 is 22.6 Å². The van der Waals surface area contributed by atoms with Crippen molar-refractivity contribution in [3.05, 3.63) is 90.1 Å². The number of imidazole rings is 1. The van der Waals surface area contributed by atoms with E-state index in [0.717, 1.165) is 36.3 Å². The fourth-order valence-corrected chi connectivity index (χ4v) is 7.04. The number of amides is 1. The maximum atomic E-state index is 13.2. The number of aromatic nitrogens is 3. The van der Waals surface area contributed by atoms with Gasteiger partial charge in [-0.3, -0.25) is 4.79 Å². The number of phenolic OH excluding ortho intramolecular Hbond substituents is 1. The van der Waals surface area contributed by atoms with Crippen LogP contribution in [0.5, 0.6) is 11.6 Å². The van der Waals surface area contributed by atoms with Crippen LogP contribution in [0.4, 0.5) is 5.69 Å². The zero-order chi connectivity index (χ0) is 31.7. The number of methoxy groups -OCH3 is 1. The number of anilines is 1. The first-order chi connectivity index (χ1) is 22.4. The summed E-state index contributed by atoms with van der Waals surface area (Å²) in [4.78, 5) is 30.7. The van der Waals surface area contributed by atoms with Gasteiger partial charge >= 0.3 is 0 Å². The first-order valence-corrected chi connectivity index (χ1v) is 16.1. The molecule has 2 aromatic heterocycles. The molecule has 2 aliphatic rings. The fraction of sp³-hybridized carbons (Fsp3) is 0.324. The monoisotopic (exact) mass is 616 g/mol. The van der Waals surface area contributed by atoms with Crippen LogP contribution in [-0.2, 0) is 6.42 Å². The summed E-state index contributed by atoms with van der Waals surface area (Å²) in [5, 5.41) is 13.7. The number of carbonyl (C=O) groups excluding carboxylic acids is 1. The second-order valence-electron chi connectivity index (χ2n) is 12.7. The first-order valence-electron chi connectivity index (χ1n) is 16.1. The summed E-state index contributed by atoms with van der Waals surface area (Å²) >= 11 is 0. The molecule has 2 aliphatic heterocycles. The van der Waals surface area contributed by atoms with Crippen molar-refractivity contribution in [2.24, 2.45) is 5.41 Å². The predicted molar refractivity (Wildman–Crippen MR) is 181 cm³/mol. The number of aromatic amines is 1. The molecule has 1 unspecified atom stereocenters. The standard InChI is InChI=1S/C37H40N6O3/c1-3-42-19-15-37(23-42)16-20-43(24-37)18-14-25-6-10-28(11-7-25)39-35(45)27-8-12-31-32(22-27)41-34(40-31)30-21-26(9-13-33(30)44)29-5-4-17-38-36(29)46-2/h4-13,17,21-22,44H,3,14-16,18-20,23-24H2,1-2H3,(H,39,45)(H,40,41). The Kier molecular flexibility index (Phi) is 8.19. The minimum atomic E-state index is -0.195. The molecule has 1 atom stereocenters. The molecule has 2 fully saturated rings. The van der Waals surface area contributed by atoms with Crippen LogP contribution in [0.1, 0.15) is 35.7 Å². The van der Waals surface area contributed by atoms with E-state index in [-0.39, 0.29) is 11.7 Å². The molecule has 5 aromatic rings. The molecule has 0 aliphatic carbocycles. The van der Waals surface area contributed by atoms with E-state index in [1.165, 1.54) is 44.6 Å². The molecular weight excluding hydrogens is 576 g/mol. The summed E-state index contributed by atoms with van der Waals surface area (Å²) in [5.74, 6) is 0.894. The molecule has 4 heterocycles. The Morgan fingerprint density at radius 1 is 1.00 bits per heavy atom. The number of nitrogens with zero attached hydrogens (tertiary/aromatic N) is 4. The third-order valence-electron chi connectivity index (χ3n) is 9.68. The molecule has 236 valence electrons. The van der Waals surface area contributed by atoms with Crippen molar-refractivity contribution in [3.63, 3.8) is 0 Å². The van der Waals surface area contributed by atoms with Crippen LogP contribution in [0.3, 0.4) is 0 Å². The molecule has 0 bridgehead atoms. The smallest absolute Gasteiger partial charge is 0.255 e. The van der Waals surface area contributed by atoms with Gasteiger partial charge in [-0.25, -0.2) is 9.97 Å². The number of pyridine rings is 1. The number of likely N-dealkylation sites (tertiary alicyclic amines) is 2. The number of carbonyl (C=O) groups is 1. The summed E-state index contributed by atoms with van der Waals surface area (Å²) in [6, 6.07) is 22.6. The van der Waals surface area contributed by atoms with Crippen molar-refractivity contribution in [3.8, 4) is 34.1 Å². The van der Waals surface area contributed by atoms with Crippen molar-refractivity contribution in [1.82, 2.24) is 24.8 Å². The van der Waals surface area contributed by atoms with E-state index >= 15 is 0 Å². The summed E-state index contributed by atoms with van der Waals surface area (Å²) in [6.07, 6.45) is 5.33. The van der Waals surface area contributed by atoms with Crippen LogP contribution in [0.15, 0.2) is 79.0 Å². The minimum absolute atomic E-state index is 0.0913. The van der Waals surface area contributed by atoms with E-state index in [1.54, 1.807) is 31.5 Å². The Labute approximate surface area is 269 Å². The molecule has 0 saturated carbocycles. The number of hydrogen-bond acceptors (Lipinski definition) is 7. The third-order valence-corrected chi connectivity index (χ3v) is 9.68. The van der Waals surface area contributed by atoms with Gasteiger partial charge in [0.2, 0.25) is 5.88 Å². The number of ether oxygens (including phenoxy) is 1. The molecule has 1 spiro atoms. The quantitative estimate of drug-likeness (QED) is 0.181. The van der Waals surface area contributed by atoms with Crippen molar-refractivity contribution in [2.45, 2.75) is 26.2 Å². The highest BCUT2D eigenvalue weighted by Gasteiger charge is 2.42. The number of phenols is 1. The molecule has 9 heteroatoms. The molecule has 1 amide bonds. The van der Waals surface area contributed by atoms with Crippen molar-refractivity contribution in [1.29, 1.82) is 0 Å². The molecule has 2 saturated heterocycles. The van der Waals surface area contributed by atoms with Crippen LogP contribution in [0, 0.1) is 5.41 Å². The van der Waals surface area contributed by atoms with Crippen molar-refractivity contribution in [2.75, 3.05) is 51.7 Å². The highest BCUT2D eigenvalue weighted by Crippen LogP contribution is 2.39. The summed E-state index contributed by atoms with van der Waals surface area (Å²) in [5.41, 5.74) is 6.64. The number of hydrogen-bond donors (Lipinski definition) is 3. The average Bonchev–Trinajstić information content (AvgIpc) is 3.82. The predicted octanol–water partition coefficient (Wildman–Crippen LogP) is 6.22. The van der Waals surface area contributed by atoms with Gasteiger partial charge in [0.15, 0.2) is 0 Å². The largest absolute Gasteiger partial charge is 0.507 e. The third kappa shape index (κ3) is 6.08. The number of fused-ring (bicyclic) bond motifs is 1. The maximum Gasteiger partial charge on any atom is 0.255 e. The number of H-pyrrole nitrogens is 1. The van der Waals surface area contributed by atoms with E-state index in [2.05, 4.69) is 49.1 Å². The number of nitrogens with one attached hydrogen (secondary N) is 2. The van der Waals surface area contributed by atoms with Crippen LogP contribution >= 0.6 is 0 Å². The number of rotatable bonds is 9. The number of aromatic hydroxyl groups is 1. The van der Waals surface area contributed by atoms with Gasteiger partial charge in [0.05, 0.1) is 23.7 Å². The van der Waals surface area contributed by atoms with Crippen molar-refractivity contribution < 1.29 is 14.6 Å². The zero-order valence-electron chi connectivity index (χ0n) is 26.4. The summed E-state index contributed by atoms with van der Waals surface area (Å²) < 4.78 is 5.42. The van der Waals surface area contributed by atoms with Gasteiger partial charge in [0, 0.05) is 42.6 Å². The highest BCUT2D eigenvalue weighted by molar-refractivity contribution is 6.06. The van der Waals surface area contributed by atoms with E-state index in [9.17, 15) is 9.90 Å². The van der Waals surface area contributed by atoms with Crippen LogP contribution in [0.25, 0.3) is 33.5 Å². The van der Waals surface area contributed by atoms with Gasteiger partial charge < -0.3 is 29.9 Å². The molecule has 9 nitrogen and oxygen atoms in total. The van der Waals surface area contributed by atoms with Gasteiger partial charge in [-0.05, 0) is 110 Å². The lowest BCUT2D eigenvalue weighted by atomic mass is 9.86. The maximum absolute atomic E-state index is 13.2. The molecule has 46 heavy (non-hydrogen) atoms. The van der Waals surface area contributed by atoms with E-state index in [0.29, 0.717) is 39.3 Å². The normalized spacial score (nSPS) is 18.5. The zero-order valence-corrected chi connectivity index (χ0v) is 26.4. The lowest BCUT2D eigenvalue weighted by Gasteiger charge is -2.24. The average molecular weight is 617 g/mol. The Bertz CT molecular complexity index is 1870. The van der Waals surface area contributed by atoms with Gasteiger partial charge in [-0.15, -0.1) is 0 Å². The lowest BCUT2D eigenvalue weighted by molar-refractivity contribution is 0.102. The second-order valence-corrected chi connectivity index (χ2v) is 12.7. The fourth-order valence-electron chi connectivity index (χ4n) is 7.04. The molecular formula is C37H40N6O3. The van der Waals surface area contributed by atoms with Crippen LogP contribution < -0.4 is 10.1 Å². The Hall–Kier alpha value is -4.73. The molecule has 0 radical (unpaired) electrons. The summed E-state index contributed by atoms with van der Waals surface area (Å²) in [7, 11) is 1.58. The van der Waals surface area contributed by atoms with E-state index in [1.807, 2.05) is 42.5 Å². The second kappa shape index (κ2) is 12.6. The van der Waals surface area contributed by atoms with Crippen LogP contribution in [-0.4, -0.2) is 82.1 Å². The van der Waals surface area contributed by atoms with Gasteiger partial charge in [-0.2, -0.15) is 0 Å². The van der Waals surface area contributed by atoms with E-state index < -0.39 is 0 Å².